The standard InChI is InChI=1S/C13H13FN4OS/c14-9-4-3-5-10(8-9)18-13(15-16-17-18)20-12-7-2-1-6-11(12)19/h3-5,8,12H,1-2,6-7H2/t12-/m0/s1. The lowest BCUT2D eigenvalue weighted by Crippen LogP contribution is -2.21. The summed E-state index contributed by atoms with van der Waals surface area (Å²) in [4.78, 5) is 11.9. The van der Waals surface area contributed by atoms with Crippen molar-refractivity contribution in [2.24, 2.45) is 0 Å². The Balaban J connectivity index is 1.85. The minimum Gasteiger partial charge on any atom is -0.298 e. The van der Waals surface area contributed by atoms with E-state index in [1.165, 1.54) is 28.6 Å². The van der Waals surface area contributed by atoms with Crippen LogP contribution in [0.15, 0.2) is 29.4 Å². The number of Topliss-reactive ketones (excluding diaryl/α,β-unsaturated/α-hetero) is 1. The number of thioether (sulfide) groups is 1. The minimum atomic E-state index is -0.345. The van der Waals surface area contributed by atoms with Crippen molar-refractivity contribution in [3.63, 3.8) is 0 Å². The molecule has 7 heteroatoms. The summed E-state index contributed by atoms with van der Waals surface area (Å²) in [6.45, 7) is 0. The van der Waals surface area contributed by atoms with Crippen LogP contribution in [0.4, 0.5) is 4.39 Å². The van der Waals surface area contributed by atoms with E-state index in [0.29, 0.717) is 17.3 Å². The van der Waals surface area contributed by atoms with Gasteiger partial charge in [0.25, 0.3) is 0 Å². The molecule has 1 aromatic heterocycles. The first kappa shape index (κ1) is 13.2. The van der Waals surface area contributed by atoms with Crippen molar-refractivity contribution in [2.75, 3.05) is 0 Å². The third-order valence-corrected chi connectivity index (χ3v) is 4.49. The Bertz CT molecular complexity index is 630. The van der Waals surface area contributed by atoms with E-state index < -0.39 is 0 Å². The molecule has 0 saturated heterocycles. The van der Waals surface area contributed by atoms with Crippen molar-refractivity contribution < 1.29 is 9.18 Å². The van der Waals surface area contributed by atoms with E-state index in [4.69, 9.17) is 0 Å². The van der Waals surface area contributed by atoms with E-state index in [0.717, 1.165) is 19.3 Å². The van der Waals surface area contributed by atoms with Gasteiger partial charge in [0, 0.05) is 6.42 Å². The van der Waals surface area contributed by atoms with E-state index >= 15 is 0 Å². The zero-order valence-corrected chi connectivity index (χ0v) is 11.5. The maximum absolute atomic E-state index is 13.3. The molecule has 1 heterocycles. The number of carbonyl (C=O) groups is 1. The van der Waals surface area contributed by atoms with Crippen LogP contribution in [0.25, 0.3) is 5.69 Å². The summed E-state index contributed by atoms with van der Waals surface area (Å²) >= 11 is 1.36. The smallest absolute Gasteiger partial charge is 0.214 e. The van der Waals surface area contributed by atoms with Crippen LogP contribution in [0, 0.1) is 5.82 Å². The number of tetrazole rings is 1. The maximum Gasteiger partial charge on any atom is 0.214 e. The van der Waals surface area contributed by atoms with Crippen molar-refractivity contribution in [3.05, 3.63) is 30.1 Å². The largest absolute Gasteiger partial charge is 0.298 e. The van der Waals surface area contributed by atoms with Gasteiger partial charge in [0.1, 0.15) is 11.6 Å². The number of benzene rings is 1. The summed E-state index contributed by atoms with van der Waals surface area (Å²) in [7, 11) is 0. The first-order valence-electron chi connectivity index (χ1n) is 6.48. The maximum atomic E-state index is 13.3. The quantitative estimate of drug-likeness (QED) is 0.869. The number of nitrogens with zero attached hydrogens (tertiary/aromatic N) is 4. The molecule has 20 heavy (non-hydrogen) atoms. The first-order chi connectivity index (χ1) is 9.74. The summed E-state index contributed by atoms with van der Waals surface area (Å²) in [5.41, 5.74) is 0.556. The molecular formula is C13H13FN4OS. The first-order valence-corrected chi connectivity index (χ1v) is 7.36. The molecule has 0 unspecified atom stereocenters. The Morgan fingerprint density at radius 3 is 3.05 bits per heavy atom. The van der Waals surface area contributed by atoms with Crippen LogP contribution in [0.5, 0.6) is 0 Å². The van der Waals surface area contributed by atoms with Gasteiger partial charge in [-0.15, -0.1) is 5.10 Å². The van der Waals surface area contributed by atoms with Gasteiger partial charge in [0.05, 0.1) is 10.9 Å². The number of rotatable bonds is 3. The lowest BCUT2D eigenvalue weighted by molar-refractivity contribution is -0.119. The SMILES string of the molecule is O=C1CCCC[C@@H]1Sc1nnnn1-c1cccc(F)c1. The van der Waals surface area contributed by atoms with Crippen LogP contribution in [0.1, 0.15) is 25.7 Å². The zero-order valence-electron chi connectivity index (χ0n) is 10.7. The van der Waals surface area contributed by atoms with Gasteiger partial charge < -0.3 is 0 Å². The van der Waals surface area contributed by atoms with Crippen molar-refractivity contribution in [2.45, 2.75) is 36.1 Å². The molecule has 1 atom stereocenters. The molecular weight excluding hydrogens is 279 g/mol. The van der Waals surface area contributed by atoms with Gasteiger partial charge in [0.15, 0.2) is 0 Å². The molecule has 5 nitrogen and oxygen atoms in total. The molecule has 0 bridgehead atoms. The average Bonchev–Trinajstić information content (AvgIpc) is 2.90. The molecule has 1 aliphatic rings. The lowest BCUT2D eigenvalue weighted by Gasteiger charge is -2.18. The second kappa shape index (κ2) is 5.70. The summed E-state index contributed by atoms with van der Waals surface area (Å²) in [5, 5.41) is 11.9. The highest BCUT2D eigenvalue weighted by Crippen LogP contribution is 2.31. The highest BCUT2D eigenvalue weighted by molar-refractivity contribution is 8.00. The van der Waals surface area contributed by atoms with Crippen LogP contribution < -0.4 is 0 Å². The fraction of sp³-hybridized carbons (Fsp3) is 0.385. The van der Waals surface area contributed by atoms with Crippen LogP contribution in [-0.4, -0.2) is 31.2 Å². The number of aromatic nitrogens is 4. The third-order valence-electron chi connectivity index (χ3n) is 3.24. The molecule has 1 aliphatic carbocycles. The fourth-order valence-electron chi connectivity index (χ4n) is 2.23. The van der Waals surface area contributed by atoms with Crippen LogP contribution in [-0.2, 0) is 4.79 Å². The Hall–Kier alpha value is -1.76. The molecule has 1 aromatic carbocycles. The molecule has 0 amide bonds. The monoisotopic (exact) mass is 292 g/mol. The predicted octanol–water partition coefficient (Wildman–Crippen LogP) is 2.41. The van der Waals surface area contributed by atoms with E-state index in [1.54, 1.807) is 12.1 Å². The second-order valence-electron chi connectivity index (χ2n) is 4.67. The van der Waals surface area contributed by atoms with Gasteiger partial charge in [0.2, 0.25) is 5.16 Å². The lowest BCUT2D eigenvalue weighted by atomic mass is 9.99. The van der Waals surface area contributed by atoms with E-state index in [9.17, 15) is 9.18 Å². The van der Waals surface area contributed by atoms with E-state index in [1.807, 2.05) is 0 Å². The van der Waals surface area contributed by atoms with Gasteiger partial charge in [-0.05, 0) is 41.5 Å². The number of halogens is 1. The predicted molar refractivity (Wildman–Crippen MR) is 72.2 cm³/mol. The van der Waals surface area contributed by atoms with E-state index in [-0.39, 0.29) is 16.9 Å². The summed E-state index contributed by atoms with van der Waals surface area (Å²) < 4.78 is 14.7. The van der Waals surface area contributed by atoms with E-state index in [2.05, 4.69) is 15.5 Å². The second-order valence-corrected chi connectivity index (χ2v) is 5.84. The van der Waals surface area contributed by atoms with Gasteiger partial charge in [-0.2, -0.15) is 4.68 Å². The van der Waals surface area contributed by atoms with Crippen molar-refractivity contribution in [1.29, 1.82) is 0 Å². The van der Waals surface area contributed by atoms with Crippen LogP contribution in [0.2, 0.25) is 0 Å². The Kier molecular flexibility index (Phi) is 3.77. The van der Waals surface area contributed by atoms with Crippen molar-refractivity contribution >= 4 is 17.5 Å². The van der Waals surface area contributed by atoms with Gasteiger partial charge >= 0.3 is 0 Å². The number of carbonyl (C=O) groups excluding carboxylic acids is 1. The van der Waals surface area contributed by atoms with Gasteiger partial charge in [-0.1, -0.05) is 24.2 Å². The molecule has 1 fully saturated rings. The highest BCUT2D eigenvalue weighted by Gasteiger charge is 2.25. The van der Waals surface area contributed by atoms with Crippen LogP contribution in [0.3, 0.4) is 0 Å². The fourth-order valence-corrected chi connectivity index (χ4v) is 3.34. The molecule has 2 aromatic rings. The molecule has 0 N–H and O–H groups in total. The number of ketones is 1. The normalized spacial score (nSPS) is 19.2. The zero-order chi connectivity index (χ0) is 13.9. The Morgan fingerprint density at radius 2 is 2.25 bits per heavy atom. The molecule has 0 spiro atoms. The average molecular weight is 292 g/mol. The number of hydrogen-bond acceptors (Lipinski definition) is 5. The topological polar surface area (TPSA) is 60.7 Å². The molecule has 0 radical (unpaired) electrons. The summed E-state index contributed by atoms with van der Waals surface area (Å²) in [6, 6.07) is 6.06. The Labute approximate surface area is 119 Å². The van der Waals surface area contributed by atoms with Gasteiger partial charge in [-0.25, -0.2) is 4.39 Å². The molecule has 3 rings (SSSR count). The molecule has 0 aliphatic heterocycles. The summed E-state index contributed by atoms with van der Waals surface area (Å²) in [5.74, 6) is -0.0993. The third kappa shape index (κ3) is 2.72. The van der Waals surface area contributed by atoms with Crippen molar-refractivity contribution in [1.82, 2.24) is 20.2 Å². The highest BCUT2D eigenvalue weighted by atomic mass is 32.2. The number of hydrogen-bond donors (Lipinski definition) is 0. The minimum absolute atomic E-state index is 0.0953. The summed E-state index contributed by atoms with van der Waals surface area (Å²) in [6.07, 6.45) is 3.48. The molecule has 104 valence electrons. The van der Waals surface area contributed by atoms with Crippen molar-refractivity contribution in [3.8, 4) is 5.69 Å². The Morgan fingerprint density at radius 1 is 1.35 bits per heavy atom. The molecule has 1 saturated carbocycles. The van der Waals surface area contributed by atoms with Crippen LogP contribution >= 0.6 is 11.8 Å². The van der Waals surface area contributed by atoms with Gasteiger partial charge in [-0.3, -0.25) is 4.79 Å².